The summed E-state index contributed by atoms with van der Waals surface area (Å²) in [7, 11) is 0. The van der Waals surface area contributed by atoms with E-state index in [1.54, 1.807) is 0 Å². The predicted octanol–water partition coefficient (Wildman–Crippen LogP) is 7.43. The Morgan fingerprint density at radius 1 is 0.707 bits per heavy atom. The Morgan fingerprint density at radius 2 is 1.29 bits per heavy atom. The van der Waals surface area contributed by atoms with Gasteiger partial charge in [0.25, 0.3) is 0 Å². The third-order valence-electron chi connectivity index (χ3n) is 11.1. The number of rotatable bonds is 14. The molecular formula is C35H65NO5. The Balaban J connectivity index is 1.34. The van der Waals surface area contributed by atoms with Gasteiger partial charge in [-0.05, 0) is 89.4 Å². The first-order valence-corrected chi connectivity index (χ1v) is 17.7. The topological polar surface area (TPSA) is 91.2 Å². The van der Waals surface area contributed by atoms with Gasteiger partial charge in [0.2, 0.25) is 0 Å². The van der Waals surface area contributed by atoms with Crippen LogP contribution in [0.25, 0.3) is 0 Å². The molecule has 4 aliphatic carbocycles. The lowest BCUT2D eigenvalue weighted by Gasteiger charge is -2.40. The van der Waals surface area contributed by atoms with Crippen LogP contribution in [0.2, 0.25) is 0 Å². The van der Waals surface area contributed by atoms with Crippen molar-refractivity contribution in [1.29, 1.82) is 0 Å². The fourth-order valence-electron chi connectivity index (χ4n) is 8.88. The van der Waals surface area contributed by atoms with Crippen molar-refractivity contribution in [1.82, 2.24) is 5.32 Å². The van der Waals surface area contributed by atoms with Gasteiger partial charge in [-0.15, -0.1) is 0 Å². The van der Waals surface area contributed by atoms with E-state index in [1.165, 1.54) is 89.9 Å². The Morgan fingerprint density at radius 3 is 1.90 bits per heavy atom. The Kier molecular flexibility index (Phi) is 13.3. The highest BCUT2D eigenvalue weighted by atomic mass is 16.6. The maximum atomic E-state index is 11.7. The molecule has 0 bridgehead atoms. The summed E-state index contributed by atoms with van der Waals surface area (Å²) in [6.45, 7) is 6.54. The van der Waals surface area contributed by atoms with E-state index in [1.807, 2.05) is 20.8 Å². The number of nitrogens with one attached hydrogen (secondary N) is 1. The van der Waals surface area contributed by atoms with Crippen LogP contribution in [0.15, 0.2) is 0 Å². The Bertz CT molecular complexity index is 715. The first-order chi connectivity index (χ1) is 19.6. The molecule has 0 amide bonds. The van der Waals surface area contributed by atoms with Crippen molar-refractivity contribution in [2.75, 3.05) is 6.61 Å². The zero-order valence-electron chi connectivity index (χ0n) is 26.8. The molecule has 4 unspecified atom stereocenters. The summed E-state index contributed by atoms with van der Waals surface area (Å²) in [6.07, 6.45) is 22.0. The van der Waals surface area contributed by atoms with Crippen LogP contribution in [0.4, 0.5) is 0 Å². The van der Waals surface area contributed by atoms with E-state index >= 15 is 0 Å². The van der Waals surface area contributed by atoms with Gasteiger partial charge >= 0.3 is 0 Å². The van der Waals surface area contributed by atoms with Gasteiger partial charge in [0, 0.05) is 24.3 Å². The summed E-state index contributed by atoms with van der Waals surface area (Å²) in [4.78, 5) is 0. The average molecular weight is 580 g/mol. The lowest BCUT2D eigenvalue weighted by Crippen LogP contribution is -2.54. The van der Waals surface area contributed by atoms with Gasteiger partial charge in [-0.1, -0.05) is 77.0 Å². The quantitative estimate of drug-likeness (QED) is 0.160. The van der Waals surface area contributed by atoms with E-state index in [0.29, 0.717) is 31.3 Å². The van der Waals surface area contributed by atoms with Crippen molar-refractivity contribution in [2.24, 2.45) is 29.6 Å². The van der Waals surface area contributed by atoms with Gasteiger partial charge in [0.1, 0.15) is 6.23 Å². The molecule has 4 fully saturated rings. The molecule has 4 rings (SSSR count). The molecule has 0 radical (unpaired) electrons. The SMILES string of the molecule is CC(C)(C)OC(O)CC(CC1CCC(C2CCCCC2)CC1)C(O)NC1(CC(O)OCC2CCCCC2)CCCC1. The number of hydrogen-bond donors (Lipinski definition) is 4. The van der Waals surface area contributed by atoms with E-state index in [9.17, 15) is 15.3 Å². The van der Waals surface area contributed by atoms with Crippen molar-refractivity contribution in [3.63, 3.8) is 0 Å². The number of hydrogen-bond acceptors (Lipinski definition) is 6. The van der Waals surface area contributed by atoms with Gasteiger partial charge in [-0.2, -0.15) is 0 Å². The van der Waals surface area contributed by atoms with Gasteiger partial charge < -0.3 is 24.8 Å². The summed E-state index contributed by atoms with van der Waals surface area (Å²) in [6, 6.07) is 0. The van der Waals surface area contributed by atoms with Crippen LogP contribution >= 0.6 is 0 Å². The second-order valence-corrected chi connectivity index (χ2v) is 15.7. The predicted molar refractivity (Wildman–Crippen MR) is 165 cm³/mol. The summed E-state index contributed by atoms with van der Waals surface area (Å²) in [5.41, 5.74) is -0.759. The number of aliphatic hydroxyl groups excluding tert-OH is 3. The summed E-state index contributed by atoms with van der Waals surface area (Å²) in [5, 5.41) is 37.2. The van der Waals surface area contributed by atoms with Crippen molar-refractivity contribution in [2.45, 2.75) is 186 Å². The molecule has 4 aliphatic rings. The number of ether oxygens (including phenoxy) is 2. The molecule has 0 saturated heterocycles. The number of aliphatic hydroxyl groups is 3. The molecule has 0 aliphatic heterocycles. The molecule has 4 saturated carbocycles. The van der Waals surface area contributed by atoms with Gasteiger partial charge in [-0.25, -0.2) is 0 Å². The second kappa shape index (κ2) is 16.2. The van der Waals surface area contributed by atoms with E-state index in [2.05, 4.69) is 5.32 Å². The molecule has 4 N–H and O–H groups in total. The van der Waals surface area contributed by atoms with Crippen LogP contribution in [-0.4, -0.2) is 51.9 Å². The first-order valence-electron chi connectivity index (χ1n) is 17.7. The molecule has 0 aromatic carbocycles. The summed E-state index contributed by atoms with van der Waals surface area (Å²) in [5.74, 6) is 2.88. The molecule has 0 aromatic rings. The molecule has 0 spiro atoms. The Hall–Kier alpha value is -0.240. The standard InChI is InChI=1S/C35H65NO5/c1-34(2,3)41-31(37)23-30(22-26-16-18-29(19-17-26)28-14-8-5-9-15-28)33(39)36-35(20-10-11-21-35)24-32(38)40-25-27-12-6-4-7-13-27/h26-33,36-39H,4-25H2,1-3H3. The monoisotopic (exact) mass is 579 g/mol. The third-order valence-corrected chi connectivity index (χ3v) is 11.1. The van der Waals surface area contributed by atoms with Crippen LogP contribution in [0.5, 0.6) is 0 Å². The molecule has 4 atom stereocenters. The molecule has 6 heteroatoms. The zero-order chi connectivity index (χ0) is 29.3. The summed E-state index contributed by atoms with van der Waals surface area (Å²) < 4.78 is 11.9. The smallest absolute Gasteiger partial charge is 0.156 e. The van der Waals surface area contributed by atoms with E-state index in [-0.39, 0.29) is 11.5 Å². The molecule has 0 aromatic heterocycles. The van der Waals surface area contributed by atoms with E-state index < -0.39 is 24.4 Å². The highest BCUT2D eigenvalue weighted by molar-refractivity contribution is 4.95. The molecule has 0 heterocycles. The maximum Gasteiger partial charge on any atom is 0.156 e. The van der Waals surface area contributed by atoms with Crippen LogP contribution in [0, 0.1) is 29.6 Å². The first kappa shape index (κ1) is 33.6. The zero-order valence-corrected chi connectivity index (χ0v) is 26.8. The summed E-state index contributed by atoms with van der Waals surface area (Å²) >= 11 is 0. The average Bonchev–Trinajstić information content (AvgIpc) is 3.39. The highest BCUT2D eigenvalue weighted by Crippen LogP contribution is 2.43. The lowest BCUT2D eigenvalue weighted by molar-refractivity contribution is -0.181. The minimum absolute atomic E-state index is 0.0960. The largest absolute Gasteiger partial charge is 0.378 e. The minimum atomic E-state index is -0.904. The molecule has 41 heavy (non-hydrogen) atoms. The molecule has 240 valence electrons. The maximum absolute atomic E-state index is 11.7. The van der Waals surface area contributed by atoms with E-state index in [0.717, 1.165) is 43.9 Å². The molecular weight excluding hydrogens is 514 g/mol. The lowest BCUT2D eigenvalue weighted by atomic mass is 9.69. The van der Waals surface area contributed by atoms with Gasteiger partial charge in [-0.3, -0.25) is 5.32 Å². The normalized spacial score (nSPS) is 29.7. The van der Waals surface area contributed by atoms with Crippen molar-refractivity contribution in [3.8, 4) is 0 Å². The van der Waals surface area contributed by atoms with Crippen LogP contribution in [-0.2, 0) is 9.47 Å². The molecule has 6 nitrogen and oxygen atoms in total. The van der Waals surface area contributed by atoms with Gasteiger partial charge in [0.05, 0.1) is 12.2 Å². The van der Waals surface area contributed by atoms with E-state index in [4.69, 9.17) is 9.47 Å². The van der Waals surface area contributed by atoms with Crippen LogP contribution in [0.3, 0.4) is 0 Å². The van der Waals surface area contributed by atoms with Crippen LogP contribution < -0.4 is 5.32 Å². The van der Waals surface area contributed by atoms with Gasteiger partial charge in [0.15, 0.2) is 12.6 Å². The minimum Gasteiger partial charge on any atom is -0.378 e. The Labute approximate surface area is 251 Å². The fraction of sp³-hybridized carbons (Fsp3) is 1.00. The van der Waals surface area contributed by atoms with Crippen molar-refractivity contribution >= 4 is 0 Å². The second-order valence-electron chi connectivity index (χ2n) is 15.7. The highest BCUT2D eigenvalue weighted by Gasteiger charge is 2.40. The fourth-order valence-corrected chi connectivity index (χ4v) is 8.88. The van der Waals surface area contributed by atoms with Crippen LogP contribution in [0.1, 0.15) is 156 Å². The van der Waals surface area contributed by atoms with Crippen molar-refractivity contribution < 1.29 is 24.8 Å². The van der Waals surface area contributed by atoms with Crippen molar-refractivity contribution in [3.05, 3.63) is 0 Å². The third kappa shape index (κ3) is 11.3.